The predicted molar refractivity (Wildman–Crippen MR) is 56.2 cm³/mol. The molecular weight excluding hydrogens is 172 g/mol. The van der Waals surface area contributed by atoms with Crippen LogP contribution in [0, 0.1) is 5.92 Å². The first-order chi connectivity index (χ1) is 6.86. The number of hydrogen-bond acceptors (Lipinski definition) is 1. The summed E-state index contributed by atoms with van der Waals surface area (Å²) < 4.78 is 0. The van der Waals surface area contributed by atoms with Crippen molar-refractivity contribution in [2.45, 2.75) is 37.7 Å². The lowest BCUT2D eigenvalue weighted by atomic mass is 9.78. The number of fused-ring (bicyclic) bond motifs is 3. The Morgan fingerprint density at radius 2 is 2.00 bits per heavy atom. The summed E-state index contributed by atoms with van der Waals surface area (Å²) in [6.07, 6.45) is 4.52. The molecule has 2 aliphatic carbocycles. The summed E-state index contributed by atoms with van der Waals surface area (Å²) in [6, 6.07) is 8.71. The second-order valence-electron chi connectivity index (χ2n) is 4.67. The fourth-order valence-corrected chi connectivity index (χ4v) is 3.24. The van der Waals surface area contributed by atoms with Crippen LogP contribution in [0.1, 0.15) is 36.3 Å². The van der Waals surface area contributed by atoms with Crippen LogP contribution in [0.2, 0.25) is 0 Å². The van der Waals surface area contributed by atoms with Gasteiger partial charge in [-0.3, -0.25) is 0 Å². The Morgan fingerprint density at radius 3 is 2.93 bits per heavy atom. The number of aliphatic hydroxyl groups is 1. The van der Waals surface area contributed by atoms with E-state index in [2.05, 4.69) is 24.3 Å². The Labute approximate surface area is 84.8 Å². The summed E-state index contributed by atoms with van der Waals surface area (Å²) in [6.45, 7) is 0. The standard InChI is InChI=1S/C13H16O/c14-13-7-3-6-11-10-5-2-1-4-9(10)8-12(11)13/h1-2,4-5,11-14H,3,6-8H2/t11-,12+,13-/m0/s1. The molecule has 0 unspecified atom stereocenters. The second-order valence-corrected chi connectivity index (χ2v) is 4.67. The highest BCUT2D eigenvalue weighted by Gasteiger charge is 2.38. The van der Waals surface area contributed by atoms with Crippen molar-refractivity contribution in [2.75, 3.05) is 0 Å². The zero-order valence-electron chi connectivity index (χ0n) is 8.32. The van der Waals surface area contributed by atoms with E-state index in [0.717, 1.165) is 12.8 Å². The van der Waals surface area contributed by atoms with E-state index in [0.29, 0.717) is 11.8 Å². The van der Waals surface area contributed by atoms with Gasteiger partial charge < -0.3 is 5.11 Å². The van der Waals surface area contributed by atoms with Gasteiger partial charge in [0.2, 0.25) is 0 Å². The second kappa shape index (κ2) is 3.09. The van der Waals surface area contributed by atoms with E-state index in [-0.39, 0.29) is 6.10 Å². The molecule has 3 rings (SSSR count). The van der Waals surface area contributed by atoms with Crippen molar-refractivity contribution in [1.82, 2.24) is 0 Å². The Hall–Kier alpha value is -0.820. The molecule has 74 valence electrons. The molecule has 0 aliphatic heterocycles. The summed E-state index contributed by atoms with van der Waals surface area (Å²) in [5.41, 5.74) is 2.99. The van der Waals surface area contributed by atoms with Gasteiger partial charge in [0.15, 0.2) is 0 Å². The minimum absolute atomic E-state index is 0.0545. The van der Waals surface area contributed by atoms with Gasteiger partial charge in [0, 0.05) is 0 Å². The normalized spacial score (nSPS) is 35.1. The maximum Gasteiger partial charge on any atom is 0.0577 e. The summed E-state index contributed by atoms with van der Waals surface area (Å²) in [4.78, 5) is 0. The average Bonchev–Trinajstić information content (AvgIpc) is 2.59. The molecule has 1 aromatic carbocycles. The van der Waals surface area contributed by atoms with Crippen LogP contribution in [0.5, 0.6) is 0 Å². The van der Waals surface area contributed by atoms with E-state index in [1.54, 1.807) is 0 Å². The Bertz CT molecular complexity index is 345. The van der Waals surface area contributed by atoms with Gasteiger partial charge in [-0.1, -0.05) is 30.7 Å². The van der Waals surface area contributed by atoms with Crippen molar-refractivity contribution >= 4 is 0 Å². The lowest BCUT2D eigenvalue weighted by molar-refractivity contribution is 0.0633. The van der Waals surface area contributed by atoms with Crippen LogP contribution >= 0.6 is 0 Å². The van der Waals surface area contributed by atoms with Crippen LogP contribution in [-0.2, 0) is 6.42 Å². The topological polar surface area (TPSA) is 20.2 Å². The van der Waals surface area contributed by atoms with Gasteiger partial charge in [-0.15, -0.1) is 0 Å². The van der Waals surface area contributed by atoms with Gasteiger partial charge in [0.05, 0.1) is 6.10 Å². The molecule has 0 spiro atoms. The molecule has 1 fully saturated rings. The minimum atomic E-state index is -0.0545. The highest BCUT2D eigenvalue weighted by molar-refractivity contribution is 5.37. The fourth-order valence-electron chi connectivity index (χ4n) is 3.24. The molecular formula is C13H16O. The average molecular weight is 188 g/mol. The van der Waals surface area contributed by atoms with Gasteiger partial charge in [0.1, 0.15) is 0 Å². The largest absolute Gasteiger partial charge is 0.393 e. The van der Waals surface area contributed by atoms with Crippen LogP contribution in [0.3, 0.4) is 0 Å². The van der Waals surface area contributed by atoms with E-state index < -0.39 is 0 Å². The molecule has 0 heterocycles. The summed E-state index contributed by atoms with van der Waals surface area (Å²) >= 11 is 0. The van der Waals surface area contributed by atoms with Gasteiger partial charge in [0.25, 0.3) is 0 Å². The van der Waals surface area contributed by atoms with Crippen LogP contribution in [0.25, 0.3) is 0 Å². The molecule has 2 aliphatic rings. The first-order valence-corrected chi connectivity index (χ1v) is 5.62. The minimum Gasteiger partial charge on any atom is -0.393 e. The SMILES string of the molecule is O[C@H]1CCC[C@H]2c3ccccc3C[C@@H]12. The first-order valence-electron chi connectivity index (χ1n) is 5.62. The van der Waals surface area contributed by atoms with Crippen molar-refractivity contribution < 1.29 is 5.11 Å². The predicted octanol–water partition coefficient (Wildman–Crippen LogP) is 2.49. The first kappa shape index (κ1) is 8.49. The van der Waals surface area contributed by atoms with Gasteiger partial charge in [-0.25, -0.2) is 0 Å². The van der Waals surface area contributed by atoms with Gasteiger partial charge >= 0.3 is 0 Å². The fraction of sp³-hybridized carbons (Fsp3) is 0.538. The molecule has 0 bridgehead atoms. The molecule has 1 nitrogen and oxygen atoms in total. The van der Waals surface area contributed by atoms with E-state index in [1.165, 1.54) is 24.0 Å². The van der Waals surface area contributed by atoms with Crippen molar-refractivity contribution in [3.63, 3.8) is 0 Å². The molecule has 1 N–H and O–H groups in total. The molecule has 0 saturated heterocycles. The molecule has 1 heteroatoms. The van der Waals surface area contributed by atoms with Crippen molar-refractivity contribution in [3.05, 3.63) is 35.4 Å². The van der Waals surface area contributed by atoms with Crippen LogP contribution < -0.4 is 0 Å². The molecule has 14 heavy (non-hydrogen) atoms. The van der Waals surface area contributed by atoms with Gasteiger partial charge in [-0.05, 0) is 42.2 Å². The summed E-state index contributed by atoms with van der Waals surface area (Å²) in [5.74, 6) is 1.16. The molecule has 1 aromatic rings. The maximum atomic E-state index is 9.95. The third kappa shape index (κ3) is 1.12. The molecule has 0 aromatic heterocycles. The highest BCUT2D eigenvalue weighted by Crippen LogP contribution is 2.46. The lowest BCUT2D eigenvalue weighted by Crippen LogP contribution is -2.28. The summed E-state index contributed by atoms with van der Waals surface area (Å²) in [7, 11) is 0. The third-order valence-corrected chi connectivity index (χ3v) is 3.94. The Kier molecular flexibility index (Phi) is 1.88. The van der Waals surface area contributed by atoms with Crippen molar-refractivity contribution in [1.29, 1.82) is 0 Å². The molecule has 1 saturated carbocycles. The van der Waals surface area contributed by atoms with Crippen LogP contribution in [0.15, 0.2) is 24.3 Å². The van der Waals surface area contributed by atoms with E-state index >= 15 is 0 Å². The van der Waals surface area contributed by atoms with Gasteiger partial charge in [-0.2, -0.15) is 0 Å². The van der Waals surface area contributed by atoms with Crippen molar-refractivity contribution in [2.24, 2.45) is 5.92 Å². The summed E-state index contributed by atoms with van der Waals surface area (Å²) in [5, 5.41) is 9.95. The zero-order valence-corrected chi connectivity index (χ0v) is 8.32. The number of benzene rings is 1. The van der Waals surface area contributed by atoms with Crippen LogP contribution in [0.4, 0.5) is 0 Å². The smallest absolute Gasteiger partial charge is 0.0577 e. The molecule has 0 amide bonds. The van der Waals surface area contributed by atoms with Crippen molar-refractivity contribution in [3.8, 4) is 0 Å². The van der Waals surface area contributed by atoms with E-state index in [1.807, 2.05) is 0 Å². The zero-order chi connectivity index (χ0) is 9.54. The quantitative estimate of drug-likeness (QED) is 0.663. The highest BCUT2D eigenvalue weighted by atomic mass is 16.3. The van der Waals surface area contributed by atoms with E-state index in [4.69, 9.17) is 0 Å². The Morgan fingerprint density at radius 1 is 1.14 bits per heavy atom. The van der Waals surface area contributed by atoms with E-state index in [9.17, 15) is 5.11 Å². The lowest BCUT2D eigenvalue weighted by Gasteiger charge is -2.30. The third-order valence-electron chi connectivity index (χ3n) is 3.94. The van der Waals surface area contributed by atoms with Crippen LogP contribution in [-0.4, -0.2) is 11.2 Å². The Balaban J connectivity index is 2.00. The monoisotopic (exact) mass is 188 g/mol. The molecule has 0 radical (unpaired) electrons. The number of aliphatic hydroxyl groups excluding tert-OH is 1. The number of rotatable bonds is 0. The number of hydrogen-bond donors (Lipinski definition) is 1. The maximum absolute atomic E-state index is 9.95. The molecule has 3 atom stereocenters.